The molecule has 2 nitrogen and oxygen atoms in total. The van der Waals surface area contributed by atoms with Crippen LogP contribution in [0.2, 0.25) is 0 Å². The summed E-state index contributed by atoms with van der Waals surface area (Å²) in [5.74, 6) is -0.277. The molecule has 1 rings (SSSR count). The fraction of sp³-hybridized carbons (Fsp3) is 0. The molecule has 0 heterocycles. The minimum atomic E-state index is -0.277. The first-order chi connectivity index (χ1) is 7.13. The molecule has 0 unspecified atom stereocenters. The van der Waals surface area contributed by atoms with E-state index >= 15 is 0 Å². The highest BCUT2D eigenvalue weighted by molar-refractivity contribution is 14.1. The lowest BCUT2D eigenvalue weighted by atomic mass is 10.1. The topological polar surface area (TPSA) is 38.4 Å². The fourth-order valence-corrected chi connectivity index (χ4v) is 1.51. The number of hydrogen-bond donors (Lipinski definition) is 1. The van der Waals surface area contributed by atoms with Crippen LogP contribution in [-0.2, 0) is 0 Å². The van der Waals surface area contributed by atoms with E-state index in [0.717, 1.165) is 9.28 Å². The van der Waals surface area contributed by atoms with Crippen molar-refractivity contribution in [1.29, 1.82) is 0 Å². The molecule has 0 bridgehead atoms. The van der Waals surface area contributed by atoms with Gasteiger partial charge >= 0.3 is 0 Å². The van der Waals surface area contributed by atoms with Crippen LogP contribution in [0.1, 0.15) is 5.56 Å². The first-order valence-corrected chi connectivity index (χ1v) is 5.28. The first kappa shape index (κ1) is 11.9. The average molecular weight is 316 g/mol. The molecule has 1 aromatic rings. The lowest BCUT2D eigenvalue weighted by Gasteiger charge is -2.00. The fourth-order valence-electron chi connectivity index (χ4n) is 0.978. The Morgan fingerprint density at radius 1 is 1.40 bits per heavy atom. The summed E-state index contributed by atoms with van der Waals surface area (Å²) < 4.78 is 13.4. The van der Waals surface area contributed by atoms with Crippen LogP contribution in [0.5, 0.6) is 0 Å². The lowest BCUT2D eigenvalue weighted by Crippen LogP contribution is -1.98. The molecule has 0 aromatic heterocycles. The van der Waals surface area contributed by atoms with Crippen molar-refractivity contribution in [2.24, 2.45) is 10.7 Å². The molecule has 0 atom stereocenters. The summed E-state index contributed by atoms with van der Waals surface area (Å²) in [4.78, 5) is 3.94. The zero-order valence-corrected chi connectivity index (χ0v) is 10.1. The highest BCUT2D eigenvalue weighted by atomic mass is 127. The van der Waals surface area contributed by atoms with Crippen molar-refractivity contribution in [3.05, 3.63) is 54.5 Å². The average Bonchev–Trinajstić information content (AvgIpc) is 2.18. The molecule has 15 heavy (non-hydrogen) atoms. The number of nitrogens with two attached hydrogens (primary N) is 1. The second-order valence-electron chi connectivity index (χ2n) is 2.74. The van der Waals surface area contributed by atoms with Gasteiger partial charge in [0, 0.05) is 11.9 Å². The van der Waals surface area contributed by atoms with Crippen molar-refractivity contribution < 1.29 is 4.39 Å². The summed E-state index contributed by atoms with van der Waals surface area (Å²) in [6.45, 7) is 3.48. The van der Waals surface area contributed by atoms with Gasteiger partial charge in [-0.1, -0.05) is 18.7 Å². The van der Waals surface area contributed by atoms with Crippen LogP contribution in [0.15, 0.2) is 48.1 Å². The van der Waals surface area contributed by atoms with Gasteiger partial charge in [-0.3, -0.25) is 4.99 Å². The Morgan fingerprint density at radius 3 is 2.53 bits per heavy atom. The largest absolute Gasteiger partial charge is 0.398 e. The van der Waals surface area contributed by atoms with Crippen LogP contribution in [0, 0.1) is 5.82 Å². The highest BCUT2D eigenvalue weighted by Gasteiger charge is 1.97. The van der Waals surface area contributed by atoms with E-state index in [1.54, 1.807) is 18.2 Å². The zero-order chi connectivity index (χ0) is 11.3. The Labute approximate surface area is 102 Å². The van der Waals surface area contributed by atoms with Crippen LogP contribution < -0.4 is 5.73 Å². The van der Waals surface area contributed by atoms with Gasteiger partial charge in [0.1, 0.15) is 9.54 Å². The number of aliphatic imine (C=N–C) groups is 1. The maximum Gasteiger partial charge on any atom is 0.123 e. The lowest BCUT2D eigenvalue weighted by molar-refractivity contribution is 0.627. The number of nitrogens with zero attached hydrogens (tertiary/aromatic N) is 1. The van der Waals surface area contributed by atoms with Gasteiger partial charge in [0.15, 0.2) is 0 Å². The predicted octanol–water partition coefficient (Wildman–Crippen LogP) is 3.10. The monoisotopic (exact) mass is 316 g/mol. The molecule has 0 radical (unpaired) electrons. The molecule has 0 amide bonds. The van der Waals surface area contributed by atoms with E-state index in [4.69, 9.17) is 5.73 Å². The minimum absolute atomic E-state index is 0.277. The SMILES string of the molecule is C=C/N=C(I)\C=C(/N)c1ccc(F)cc1. The maximum absolute atomic E-state index is 12.6. The Kier molecular flexibility index (Phi) is 4.48. The molecule has 2 N–H and O–H groups in total. The second-order valence-corrected chi connectivity index (χ2v) is 3.85. The molecule has 0 aliphatic carbocycles. The van der Waals surface area contributed by atoms with Gasteiger partial charge in [-0.15, -0.1) is 0 Å². The summed E-state index contributed by atoms with van der Waals surface area (Å²) in [5.41, 5.74) is 7.11. The molecule has 0 saturated heterocycles. The number of rotatable bonds is 3. The second kappa shape index (κ2) is 5.65. The Morgan fingerprint density at radius 2 is 2.00 bits per heavy atom. The summed E-state index contributed by atoms with van der Waals surface area (Å²) in [5, 5.41) is 0. The van der Waals surface area contributed by atoms with Crippen molar-refractivity contribution in [1.82, 2.24) is 0 Å². The van der Waals surface area contributed by atoms with E-state index in [2.05, 4.69) is 11.6 Å². The quantitative estimate of drug-likeness (QED) is 0.675. The first-order valence-electron chi connectivity index (χ1n) is 4.21. The highest BCUT2D eigenvalue weighted by Crippen LogP contribution is 2.11. The molecule has 0 fully saturated rings. The summed E-state index contributed by atoms with van der Waals surface area (Å²) >= 11 is 2.04. The molecule has 0 aliphatic heterocycles. The van der Waals surface area contributed by atoms with Crippen molar-refractivity contribution >= 4 is 32.0 Å². The van der Waals surface area contributed by atoms with Crippen LogP contribution in [-0.4, -0.2) is 3.72 Å². The molecule has 4 heteroatoms. The van der Waals surface area contributed by atoms with E-state index < -0.39 is 0 Å². The predicted molar refractivity (Wildman–Crippen MR) is 70.2 cm³/mol. The molecule has 0 aliphatic rings. The molecule has 78 valence electrons. The van der Waals surface area contributed by atoms with Gasteiger partial charge in [0.25, 0.3) is 0 Å². The summed E-state index contributed by atoms with van der Waals surface area (Å²) in [6, 6.07) is 5.99. The smallest absolute Gasteiger partial charge is 0.123 e. The number of benzene rings is 1. The number of hydrogen-bond acceptors (Lipinski definition) is 2. The van der Waals surface area contributed by atoms with Gasteiger partial charge in [-0.05, 0) is 46.4 Å². The van der Waals surface area contributed by atoms with Crippen molar-refractivity contribution in [3.63, 3.8) is 0 Å². The molecular formula is C11H10FIN2. The minimum Gasteiger partial charge on any atom is -0.398 e. The van der Waals surface area contributed by atoms with E-state index in [9.17, 15) is 4.39 Å². The van der Waals surface area contributed by atoms with Crippen LogP contribution in [0.4, 0.5) is 4.39 Å². The van der Waals surface area contributed by atoms with Gasteiger partial charge in [-0.25, -0.2) is 4.39 Å². The van der Waals surface area contributed by atoms with E-state index in [1.165, 1.54) is 18.3 Å². The third-order valence-electron chi connectivity index (χ3n) is 1.67. The molecule has 1 aromatic carbocycles. The van der Waals surface area contributed by atoms with Crippen molar-refractivity contribution in [3.8, 4) is 0 Å². The van der Waals surface area contributed by atoms with E-state index in [0.29, 0.717) is 5.70 Å². The van der Waals surface area contributed by atoms with Crippen molar-refractivity contribution in [2.45, 2.75) is 0 Å². The van der Waals surface area contributed by atoms with Gasteiger partial charge in [-0.2, -0.15) is 0 Å². The van der Waals surface area contributed by atoms with Gasteiger partial charge in [0.05, 0.1) is 0 Å². The normalized spacial score (nSPS) is 12.7. The third-order valence-corrected chi connectivity index (χ3v) is 2.26. The maximum atomic E-state index is 12.6. The molecule has 0 saturated carbocycles. The third kappa shape index (κ3) is 3.83. The van der Waals surface area contributed by atoms with Gasteiger partial charge in [0.2, 0.25) is 0 Å². The van der Waals surface area contributed by atoms with E-state index in [-0.39, 0.29) is 5.82 Å². The Bertz CT molecular complexity index is 407. The van der Waals surface area contributed by atoms with Gasteiger partial charge < -0.3 is 5.73 Å². The standard InChI is InChI=1S/C11H10FIN2/c1-2-15-11(13)7-10(14)8-3-5-9(12)6-4-8/h2-7H,1,14H2/b10-7-,15-11+. The Balaban J connectivity index is 2.93. The van der Waals surface area contributed by atoms with E-state index in [1.807, 2.05) is 22.6 Å². The van der Waals surface area contributed by atoms with Crippen LogP contribution in [0.3, 0.4) is 0 Å². The molecule has 0 spiro atoms. The Hall–Kier alpha value is -1.17. The summed E-state index contributed by atoms with van der Waals surface area (Å²) in [7, 11) is 0. The van der Waals surface area contributed by atoms with Crippen LogP contribution in [0.25, 0.3) is 5.70 Å². The summed E-state index contributed by atoms with van der Waals surface area (Å²) in [6.07, 6.45) is 3.14. The molecular weight excluding hydrogens is 306 g/mol. The van der Waals surface area contributed by atoms with Crippen LogP contribution >= 0.6 is 22.6 Å². The number of allylic oxidation sites excluding steroid dienone is 1. The number of halogens is 2. The zero-order valence-electron chi connectivity index (χ0n) is 7.95. The van der Waals surface area contributed by atoms with Crippen molar-refractivity contribution in [2.75, 3.05) is 0 Å².